The molecule has 0 saturated carbocycles. The molecule has 0 aliphatic rings. The van der Waals surface area contributed by atoms with Gasteiger partial charge in [-0.2, -0.15) is 0 Å². The summed E-state index contributed by atoms with van der Waals surface area (Å²) in [5, 5.41) is 28.2. The highest BCUT2D eigenvalue weighted by Crippen LogP contribution is 2.29. The largest absolute Gasteiger partial charge is 0.505 e. The van der Waals surface area contributed by atoms with Gasteiger partial charge in [-0.15, -0.1) is 10.2 Å². The van der Waals surface area contributed by atoms with Crippen LogP contribution >= 0.6 is 11.3 Å². The molecule has 0 aliphatic carbocycles. The number of alkyl carbamates (subject to hydrolysis) is 1. The first-order chi connectivity index (χ1) is 20.6. The van der Waals surface area contributed by atoms with Gasteiger partial charge in [0, 0.05) is 18.1 Å². The van der Waals surface area contributed by atoms with Crippen molar-refractivity contribution in [3.05, 3.63) is 71.9 Å². The molecule has 4 rings (SSSR count). The lowest BCUT2D eigenvalue weighted by molar-refractivity contribution is -0.156. The van der Waals surface area contributed by atoms with Gasteiger partial charge < -0.3 is 25.2 Å². The number of anilines is 2. The van der Waals surface area contributed by atoms with E-state index in [4.69, 9.17) is 9.47 Å². The van der Waals surface area contributed by atoms with Crippen molar-refractivity contribution < 1.29 is 29.0 Å². The van der Waals surface area contributed by atoms with Crippen LogP contribution in [0.25, 0.3) is 10.9 Å². The molecule has 43 heavy (non-hydrogen) atoms. The highest BCUT2D eigenvalue weighted by molar-refractivity contribution is 7.19. The normalized spacial score (nSPS) is 11.9. The third-order valence-corrected chi connectivity index (χ3v) is 6.80. The molecule has 12 nitrogen and oxygen atoms in total. The quantitative estimate of drug-likeness (QED) is 0.123. The molecule has 2 amide bonds. The number of rotatable bonds is 12. The zero-order chi connectivity index (χ0) is 30.8. The number of aromatic hydroxyl groups is 1. The van der Waals surface area contributed by atoms with E-state index in [0.29, 0.717) is 41.8 Å². The van der Waals surface area contributed by atoms with Crippen LogP contribution < -0.4 is 16.0 Å². The number of unbranched alkanes of at least 4 members (excludes halogenated alkanes) is 1. The average Bonchev–Trinajstić information content (AvgIpc) is 3.41. The summed E-state index contributed by atoms with van der Waals surface area (Å²) < 4.78 is 10.8. The van der Waals surface area contributed by atoms with Crippen LogP contribution in [-0.2, 0) is 20.9 Å². The molecule has 13 heteroatoms. The first-order valence-electron chi connectivity index (χ1n) is 13.7. The number of amides is 2. The molecule has 0 fully saturated rings. The number of phenolic OH excluding ortho intramolecular Hbond substituents is 1. The maximum atomic E-state index is 12.9. The average molecular weight is 607 g/mol. The number of aromatic nitrogens is 3. The Morgan fingerprint density at radius 2 is 1.74 bits per heavy atom. The second-order valence-electron chi connectivity index (χ2n) is 10.6. The molecule has 1 atom stereocenters. The first-order valence-corrected chi connectivity index (χ1v) is 14.6. The fraction of sp³-hybridized carbons (Fsp3) is 0.333. The highest BCUT2D eigenvalue weighted by atomic mass is 32.1. The van der Waals surface area contributed by atoms with Gasteiger partial charge >= 0.3 is 12.1 Å². The molecule has 0 saturated heterocycles. The molecule has 2 heterocycles. The van der Waals surface area contributed by atoms with Crippen LogP contribution in [0.2, 0.25) is 0 Å². The number of carbonyl (C=O) groups is 3. The summed E-state index contributed by atoms with van der Waals surface area (Å²) >= 11 is 1.04. The van der Waals surface area contributed by atoms with Gasteiger partial charge in [-0.3, -0.25) is 15.1 Å². The molecule has 2 aromatic heterocycles. The van der Waals surface area contributed by atoms with E-state index in [2.05, 4.69) is 31.1 Å². The Labute approximate surface area is 252 Å². The van der Waals surface area contributed by atoms with Crippen molar-refractivity contribution in [3.8, 4) is 5.75 Å². The Hall–Kier alpha value is -4.78. The zero-order valence-corrected chi connectivity index (χ0v) is 24.9. The Kier molecular flexibility index (Phi) is 10.4. The van der Waals surface area contributed by atoms with Gasteiger partial charge in [0.2, 0.25) is 10.3 Å². The molecule has 0 spiro atoms. The molecule has 0 radical (unpaired) electrons. The highest BCUT2D eigenvalue weighted by Gasteiger charge is 2.26. The first kappa shape index (κ1) is 31.2. The van der Waals surface area contributed by atoms with Gasteiger partial charge in [0.15, 0.2) is 5.75 Å². The van der Waals surface area contributed by atoms with Gasteiger partial charge in [0.25, 0.3) is 5.91 Å². The van der Waals surface area contributed by atoms with Crippen LogP contribution in [0.15, 0.2) is 60.8 Å². The van der Waals surface area contributed by atoms with Crippen molar-refractivity contribution in [2.45, 2.75) is 58.3 Å². The monoisotopic (exact) mass is 606 g/mol. The summed E-state index contributed by atoms with van der Waals surface area (Å²) in [5.41, 5.74) is 0.555. The van der Waals surface area contributed by atoms with Crippen molar-refractivity contribution in [3.63, 3.8) is 0 Å². The zero-order valence-electron chi connectivity index (χ0n) is 24.1. The second-order valence-corrected chi connectivity index (χ2v) is 11.6. The Bertz CT molecular complexity index is 1560. The summed E-state index contributed by atoms with van der Waals surface area (Å²) in [5.74, 6) is -1.27. The summed E-state index contributed by atoms with van der Waals surface area (Å²) in [6.07, 6.45) is 2.61. The van der Waals surface area contributed by atoms with Gasteiger partial charge in [0.05, 0.1) is 5.56 Å². The van der Waals surface area contributed by atoms with Crippen LogP contribution in [0.3, 0.4) is 0 Å². The van der Waals surface area contributed by atoms with Crippen molar-refractivity contribution >= 4 is 50.5 Å². The molecule has 0 aliphatic heterocycles. The van der Waals surface area contributed by atoms with Crippen LogP contribution in [0, 0.1) is 0 Å². The molecule has 0 bridgehead atoms. The minimum absolute atomic E-state index is 0.0418. The molecule has 4 N–H and O–H groups in total. The second kappa shape index (κ2) is 14.4. The lowest BCUT2D eigenvalue weighted by Crippen LogP contribution is -2.36. The van der Waals surface area contributed by atoms with Crippen LogP contribution in [0.1, 0.15) is 56.0 Å². The predicted molar refractivity (Wildman–Crippen MR) is 163 cm³/mol. The van der Waals surface area contributed by atoms with E-state index in [0.717, 1.165) is 16.9 Å². The van der Waals surface area contributed by atoms with Crippen molar-refractivity contribution in [1.82, 2.24) is 20.5 Å². The Balaban J connectivity index is 1.30. The summed E-state index contributed by atoms with van der Waals surface area (Å²) in [4.78, 5) is 41.9. The number of ether oxygens (including phenoxy) is 2. The number of carbonyl (C=O) groups excluding carboxylic acids is 3. The van der Waals surface area contributed by atoms with Crippen LogP contribution in [0.4, 0.5) is 15.1 Å². The number of nitrogens with zero attached hydrogens (tertiary/aromatic N) is 3. The number of phenols is 1. The number of nitrogens with one attached hydrogen (secondary N) is 3. The van der Waals surface area contributed by atoms with Crippen molar-refractivity contribution in [1.29, 1.82) is 0 Å². The SMILES string of the molecule is CC(C)(C)OC(=O)C(CCCCNC(=O)OCc1ccccc1)Nc1nnc(NC(=O)c2ccc3cccnc3c2O)s1. The van der Waals surface area contributed by atoms with E-state index < -0.39 is 29.6 Å². The molecular formula is C30H34N6O6S. The Morgan fingerprint density at radius 1 is 0.977 bits per heavy atom. The standard InChI is InChI=1S/C30H34N6O6S/c1-30(2,3)42-26(39)22(13-7-8-16-32-29(40)41-18-19-10-5-4-6-11-19)33-27-35-36-28(43-27)34-25(38)21-15-14-20-12-9-17-31-23(20)24(21)37/h4-6,9-12,14-15,17,22,37H,7-8,13,16,18H2,1-3H3,(H,32,40)(H,33,35)(H,34,36,38). The summed E-state index contributed by atoms with van der Waals surface area (Å²) in [6, 6.07) is 15.4. The van der Waals surface area contributed by atoms with Crippen molar-refractivity contribution in [2.24, 2.45) is 0 Å². The number of pyridine rings is 1. The number of fused-ring (bicyclic) bond motifs is 1. The van der Waals surface area contributed by atoms with Crippen LogP contribution in [0.5, 0.6) is 5.75 Å². The Morgan fingerprint density at radius 3 is 2.51 bits per heavy atom. The van der Waals surface area contributed by atoms with E-state index in [1.54, 1.807) is 39.0 Å². The number of hydrogen-bond donors (Lipinski definition) is 4. The topological polar surface area (TPSA) is 165 Å². The fourth-order valence-corrected chi connectivity index (χ4v) is 4.71. The summed E-state index contributed by atoms with van der Waals surface area (Å²) in [6.45, 7) is 5.90. The lowest BCUT2D eigenvalue weighted by Gasteiger charge is -2.24. The molecule has 2 aromatic carbocycles. The van der Waals surface area contributed by atoms with Crippen molar-refractivity contribution in [2.75, 3.05) is 17.2 Å². The number of benzene rings is 2. The number of esters is 1. The minimum atomic E-state index is -0.739. The van der Waals surface area contributed by atoms with E-state index in [1.807, 2.05) is 30.3 Å². The maximum Gasteiger partial charge on any atom is 0.407 e. The van der Waals surface area contributed by atoms with Gasteiger partial charge in [-0.05, 0) is 57.7 Å². The molecule has 1 unspecified atom stereocenters. The van der Waals surface area contributed by atoms with E-state index in [1.165, 1.54) is 12.3 Å². The predicted octanol–water partition coefficient (Wildman–Crippen LogP) is 5.26. The number of hydrogen-bond acceptors (Lipinski definition) is 11. The van der Waals surface area contributed by atoms with Gasteiger partial charge in [-0.25, -0.2) is 9.59 Å². The third-order valence-electron chi connectivity index (χ3n) is 6.03. The van der Waals surface area contributed by atoms with Crippen LogP contribution in [-0.4, -0.2) is 56.4 Å². The lowest BCUT2D eigenvalue weighted by atomic mass is 10.1. The van der Waals surface area contributed by atoms with Gasteiger partial charge in [0.1, 0.15) is 23.8 Å². The fourth-order valence-electron chi connectivity index (χ4n) is 4.02. The van der Waals surface area contributed by atoms with E-state index >= 15 is 0 Å². The maximum absolute atomic E-state index is 12.9. The minimum Gasteiger partial charge on any atom is -0.505 e. The smallest absolute Gasteiger partial charge is 0.407 e. The third kappa shape index (κ3) is 9.36. The molecule has 4 aromatic rings. The van der Waals surface area contributed by atoms with E-state index in [-0.39, 0.29) is 23.1 Å². The summed E-state index contributed by atoms with van der Waals surface area (Å²) in [7, 11) is 0. The van der Waals surface area contributed by atoms with E-state index in [9.17, 15) is 19.5 Å². The molecule has 226 valence electrons. The molecular weight excluding hydrogens is 572 g/mol. The van der Waals surface area contributed by atoms with Gasteiger partial charge in [-0.1, -0.05) is 53.8 Å².